The molecule has 1 N–H and O–H groups in total. The first kappa shape index (κ1) is 14.4. The topological polar surface area (TPSA) is 63.2 Å². The van der Waals surface area contributed by atoms with Crippen LogP contribution in [0.25, 0.3) is 0 Å². The zero-order valence-electron chi connectivity index (χ0n) is 10.6. The van der Waals surface area contributed by atoms with Gasteiger partial charge in [0.1, 0.15) is 5.75 Å². The number of sulfone groups is 1. The number of hydrogen-bond donors (Lipinski definition) is 1. The third-order valence-electron chi connectivity index (χ3n) is 2.23. The molecule has 0 aromatic heterocycles. The molecule has 1 amide bonds. The highest BCUT2D eigenvalue weighted by atomic mass is 32.2. The number of hydrogen-bond acceptors (Lipinski definition) is 3. The van der Waals surface area contributed by atoms with Crippen molar-refractivity contribution in [2.75, 3.05) is 16.8 Å². The van der Waals surface area contributed by atoms with Gasteiger partial charge in [0.05, 0.1) is 5.75 Å². The summed E-state index contributed by atoms with van der Waals surface area (Å²) in [6.07, 6.45) is 1.28. The number of aryl methyl sites for hydroxylation is 2. The van der Waals surface area contributed by atoms with Crippen molar-refractivity contribution in [3.63, 3.8) is 0 Å². The maximum atomic E-state index is 11.6. The highest BCUT2D eigenvalue weighted by Gasteiger charge is 2.15. The van der Waals surface area contributed by atoms with Gasteiger partial charge in [0, 0.05) is 5.69 Å². The van der Waals surface area contributed by atoms with Crippen LogP contribution in [0.15, 0.2) is 30.9 Å². The molecular weight excluding hydrogens is 250 g/mol. The lowest BCUT2D eigenvalue weighted by atomic mass is 10.1. The van der Waals surface area contributed by atoms with E-state index in [1.54, 1.807) is 12.1 Å². The lowest BCUT2D eigenvalue weighted by Crippen LogP contribution is -2.24. The Morgan fingerprint density at radius 3 is 2.33 bits per heavy atom. The molecule has 0 aliphatic carbocycles. The van der Waals surface area contributed by atoms with Gasteiger partial charge in [0.2, 0.25) is 5.91 Å². The van der Waals surface area contributed by atoms with Crippen LogP contribution in [0.2, 0.25) is 0 Å². The van der Waals surface area contributed by atoms with Gasteiger partial charge in [0.15, 0.2) is 9.84 Å². The molecule has 0 fully saturated rings. The van der Waals surface area contributed by atoms with Crippen molar-refractivity contribution in [2.24, 2.45) is 0 Å². The molecule has 0 heterocycles. The zero-order chi connectivity index (χ0) is 13.8. The molecule has 0 saturated carbocycles. The molecule has 0 saturated heterocycles. The Hall–Kier alpha value is -1.62. The minimum Gasteiger partial charge on any atom is -0.325 e. The highest BCUT2D eigenvalue weighted by molar-refractivity contribution is 7.92. The molecule has 0 spiro atoms. The van der Waals surface area contributed by atoms with E-state index in [1.165, 1.54) is 6.08 Å². The summed E-state index contributed by atoms with van der Waals surface area (Å²) >= 11 is 0. The van der Waals surface area contributed by atoms with Gasteiger partial charge in [-0.1, -0.05) is 12.1 Å². The summed E-state index contributed by atoms with van der Waals surface area (Å²) in [6.45, 7) is 7.18. The smallest absolute Gasteiger partial charge is 0.239 e. The molecule has 1 rings (SSSR count). The number of carbonyl (C=O) groups is 1. The summed E-state index contributed by atoms with van der Waals surface area (Å²) in [7, 11) is -3.40. The number of nitrogens with one attached hydrogen (secondary N) is 1. The van der Waals surface area contributed by atoms with Crippen LogP contribution in [0.5, 0.6) is 0 Å². The van der Waals surface area contributed by atoms with E-state index in [0.29, 0.717) is 5.69 Å². The molecule has 0 aliphatic rings. The predicted octanol–water partition coefficient (Wildman–Crippen LogP) is 1.84. The van der Waals surface area contributed by atoms with Crippen molar-refractivity contribution in [1.82, 2.24) is 0 Å². The largest absolute Gasteiger partial charge is 0.325 e. The van der Waals surface area contributed by atoms with E-state index < -0.39 is 21.5 Å². The Labute approximate surface area is 108 Å². The average Bonchev–Trinajstić information content (AvgIpc) is 2.13. The fraction of sp³-hybridized carbons (Fsp3) is 0.308. The Morgan fingerprint density at radius 1 is 1.28 bits per heavy atom. The summed E-state index contributed by atoms with van der Waals surface area (Å²) in [6, 6.07) is 5.57. The molecule has 0 aliphatic heterocycles. The molecule has 1 aromatic carbocycles. The molecule has 18 heavy (non-hydrogen) atoms. The number of rotatable bonds is 5. The van der Waals surface area contributed by atoms with Gasteiger partial charge in [-0.3, -0.25) is 4.79 Å². The highest BCUT2D eigenvalue weighted by Crippen LogP contribution is 2.13. The van der Waals surface area contributed by atoms with Crippen molar-refractivity contribution in [3.05, 3.63) is 42.0 Å². The van der Waals surface area contributed by atoms with Crippen LogP contribution in [0.4, 0.5) is 5.69 Å². The quantitative estimate of drug-likeness (QED) is 0.828. The third kappa shape index (κ3) is 4.71. The van der Waals surface area contributed by atoms with Crippen molar-refractivity contribution >= 4 is 21.4 Å². The summed E-state index contributed by atoms with van der Waals surface area (Å²) < 4.78 is 22.9. The third-order valence-corrected chi connectivity index (χ3v) is 3.67. The Morgan fingerprint density at radius 2 is 1.83 bits per heavy atom. The van der Waals surface area contributed by atoms with Crippen LogP contribution in [0.3, 0.4) is 0 Å². The van der Waals surface area contributed by atoms with Crippen LogP contribution >= 0.6 is 0 Å². The van der Waals surface area contributed by atoms with E-state index in [9.17, 15) is 13.2 Å². The number of carbonyl (C=O) groups excluding carboxylic acids is 1. The molecule has 0 atom stereocenters. The van der Waals surface area contributed by atoms with Gasteiger partial charge in [-0.15, -0.1) is 6.58 Å². The van der Waals surface area contributed by atoms with Crippen LogP contribution in [-0.4, -0.2) is 25.8 Å². The lowest BCUT2D eigenvalue weighted by molar-refractivity contribution is -0.113. The first-order chi connectivity index (χ1) is 8.32. The van der Waals surface area contributed by atoms with Crippen molar-refractivity contribution in [1.29, 1.82) is 0 Å². The van der Waals surface area contributed by atoms with Crippen LogP contribution < -0.4 is 5.32 Å². The monoisotopic (exact) mass is 267 g/mol. The van der Waals surface area contributed by atoms with Crippen molar-refractivity contribution in [2.45, 2.75) is 13.8 Å². The average molecular weight is 267 g/mol. The Balaban J connectivity index is 2.73. The fourth-order valence-corrected chi connectivity index (χ4v) is 2.63. The van der Waals surface area contributed by atoms with E-state index in [2.05, 4.69) is 11.9 Å². The van der Waals surface area contributed by atoms with Gasteiger partial charge >= 0.3 is 0 Å². The fourth-order valence-electron chi connectivity index (χ4n) is 1.68. The molecule has 98 valence electrons. The lowest BCUT2D eigenvalue weighted by Gasteiger charge is -2.07. The maximum Gasteiger partial charge on any atom is 0.239 e. The molecular formula is C13H17NO3S. The van der Waals surface area contributed by atoms with Crippen molar-refractivity contribution < 1.29 is 13.2 Å². The molecule has 1 aromatic rings. The van der Waals surface area contributed by atoms with E-state index in [0.717, 1.165) is 11.1 Å². The molecule has 4 nitrogen and oxygen atoms in total. The van der Waals surface area contributed by atoms with E-state index >= 15 is 0 Å². The molecule has 0 unspecified atom stereocenters. The molecule has 5 heteroatoms. The zero-order valence-corrected chi connectivity index (χ0v) is 11.4. The summed E-state index contributed by atoms with van der Waals surface area (Å²) in [5.41, 5.74) is 2.64. The number of benzene rings is 1. The second kappa shape index (κ2) is 5.82. The SMILES string of the molecule is C=CCS(=O)(=O)CC(=O)Nc1cc(C)cc(C)c1. The van der Waals surface area contributed by atoms with Gasteiger partial charge in [0.25, 0.3) is 0 Å². The first-order valence-electron chi connectivity index (χ1n) is 5.52. The van der Waals surface area contributed by atoms with Gasteiger partial charge in [-0.25, -0.2) is 8.42 Å². The van der Waals surface area contributed by atoms with Gasteiger partial charge in [-0.05, 0) is 37.1 Å². The molecule has 0 bridgehead atoms. The predicted molar refractivity (Wildman–Crippen MR) is 73.4 cm³/mol. The standard InChI is InChI=1S/C13H17NO3S/c1-4-5-18(16,17)9-13(15)14-12-7-10(2)6-11(3)8-12/h4,6-8H,1,5,9H2,2-3H3,(H,14,15). The van der Waals surface area contributed by atoms with Crippen molar-refractivity contribution in [3.8, 4) is 0 Å². The summed E-state index contributed by atoms with van der Waals surface area (Å²) in [5, 5.41) is 2.59. The van der Waals surface area contributed by atoms with Gasteiger partial charge < -0.3 is 5.32 Å². The number of anilines is 1. The minimum atomic E-state index is -3.40. The Kier molecular flexibility index (Phi) is 4.67. The van der Waals surface area contributed by atoms with E-state index in [-0.39, 0.29) is 5.75 Å². The molecule has 0 radical (unpaired) electrons. The van der Waals surface area contributed by atoms with Gasteiger partial charge in [-0.2, -0.15) is 0 Å². The summed E-state index contributed by atoms with van der Waals surface area (Å²) in [4.78, 5) is 11.6. The summed E-state index contributed by atoms with van der Waals surface area (Å²) in [5.74, 6) is -1.24. The second-order valence-corrected chi connectivity index (χ2v) is 6.38. The second-order valence-electron chi connectivity index (χ2n) is 4.27. The minimum absolute atomic E-state index is 0.187. The first-order valence-corrected chi connectivity index (χ1v) is 7.34. The maximum absolute atomic E-state index is 11.6. The van der Waals surface area contributed by atoms with Crippen LogP contribution in [0.1, 0.15) is 11.1 Å². The van der Waals surface area contributed by atoms with E-state index in [1.807, 2.05) is 19.9 Å². The van der Waals surface area contributed by atoms with Crippen LogP contribution in [0, 0.1) is 13.8 Å². The Bertz CT molecular complexity index is 541. The van der Waals surface area contributed by atoms with Crippen LogP contribution in [-0.2, 0) is 14.6 Å². The number of amides is 1. The normalized spacial score (nSPS) is 11.0. The van der Waals surface area contributed by atoms with E-state index in [4.69, 9.17) is 0 Å².